The average Bonchev–Trinajstić information content (AvgIpc) is 2.49. The number of benzene rings is 1. The Balaban J connectivity index is 2.06. The average molecular weight is 297 g/mol. The third kappa shape index (κ3) is 4.19. The highest BCUT2D eigenvalue weighted by atomic mass is 35.5. The summed E-state index contributed by atoms with van der Waals surface area (Å²) in [4.78, 5) is 2.38. The Labute approximate surface area is 126 Å². The molecule has 0 atom stereocenters. The van der Waals surface area contributed by atoms with Crippen LogP contribution in [-0.4, -0.2) is 29.2 Å². The van der Waals surface area contributed by atoms with Crippen molar-refractivity contribution in [3.63, 3.8) is 0 Å². The van der Waals surface area contributed by atoms with E-state index in [1.807, 2.05) is 12.1 Å². The summed E-state index contributed by atoms with van der Waals surface area (Å²) >= 11 is 6.35. The van der Waals surface area contributed by atoms with Gasteiger partial charge < -0.3 is 10.8 Å². The second-order valence-electron chi connectivity index (χ2n) is 5.62. The molecule has 3 nitrogen and oxygen atoms in total. The van der Waals surface area contributed by atoms with E-state index in [1.165, 1.54) is 32.1 Å². The summed E-state index contributed by atoms with van der Waals surface area (Å²) < 4.78 is 0. The SMILES string of the molecule is NCc1ccc(CN(CCO)C2CCCCC2)c(Cl)c1. The van der Waals surface area contributed by atoms with Crippen LogP contribution < -0.4 is 5.73 Å². The highest BCUT2D eigenvalue weighted by Crippen LogP contribution is 2.26. The van der Waals surface area contributed by atoms with Crippen molar-refractivity contribution >= 4 is 11.6 Å². The molecule has 1 aliphatic carbocycles. The van der Waals surface area contributed by atoms with Crippen molar-refractivity contribution in [2.75, 3.05) is 13.2 Å². The predicted octanol–water partition coefficient (Wildman–Crippen LogP) is 2.93. The van der Waals surface area contributed by atoms with Crippen molar-refractivity contribution in [3.8, 4) is 0 Å². The summed E-state index contributed by atoms with van der Waals surface area (Å²) in [6, 6.07) is 6.65. The van der Waals surface area contributed by atoms with Crippen LogP contribution in [0.15, 0.2) is 18.2 Å². The molecule has 0 spiro atoms. The standard InChI is InChI=1S/C16H25ClN2O/c17-16-10-13(11-18)6-7-14(16)12-19(8-9-20)15-4-2-1-3-5-15/h6-7,10,15,20H,1-5,8-9,11-12,18H2. The van der Waals surface area contributed by atoms with E-state index in [2.05, 4.69) is 11.0 Å². The zero-order valence-corrected chi connectivity index (χ0v) is 12.8. The Morgan fingerprint density at radius 3 is 2.60 bits per heavy atom. The van der Waals surface area contributed by atoms with Crippen molar-refractivity contribution in [1.82, 2.24) is 4.90 Å². The highest BCUT2D eigenvalue weighted by molar-refractivity contribution is 6.31. The van der Waals surface area contributed by atoms with Crippen LogP contribution >= 0.6 is 11.6 Å². The van der Waals surface area contributed by atoms with Gasteiger partial charge in [-0.2, -0.15) is 0 Å². The summed E-state index contributed by atoms with van der Waals surface area (Å²) in [6.45, 7) is 2.26. The molecule has 4 heteroatoms. The first-order chi connectivity index (χ1) is 9.74. The minimum atomic E-state index is 0.203. The van der Waals surface area contributed by atoms with E-state index in [9.17, 15) is 5.11 Å². The van der Waals surface area contributed by atoms with Gasteiger partial charge in [-0.25, -0.2) is 0 Å². The zero-order chi connectivity index (χ0) is 14.4. The molecule has 1 aromatic carbocycles. The van der Waals surface area contributed by atoms with Crippen LogP contribution in [0.25, 0.3) is 0 Å². The molecule has 3 N–H and O–H groups in total. The van der Waals surface area contributed by atoms with Crippen molar-refractivity contribution in [2.24, 2.45) is 5.73 Å². The van der Waals surface area contributed by atoms with Crippen molar-refractivity contribution < 1.29 is 5.11 Å². The molecule has 20 heavy (non-hydrogen) atoms. The van der Waals surface area contributed by atoms with Gasteiger partial charge in [0.15, 0.2) is 0 Å². The van der Waals surface area contributed by atoms with Crippen molar-refractivity contribution in [2.45, 2.75) is 51.2 Å². The van der Waals surface area contributed by atoms with Gasteiger partial charge in [0.25, 0.3) is 0 Å². The first-order valence-corrected chi connectivity index (χ1v) is 7.94. The number of nitrogens with two attached hydrogens (primary N) is 1. The van der Waals surface area contributed by atoms with Crippen LogP contribution in [0.3, 0.4) is 0 Å². The maximum atomic E-state index is 9.31. The fraction of sp³-hybridized carbons (Fsp3) is 0.625. The lowest BCUT2D eigenvalue weighted by molar-refractivity contribution is 0.117. The second kappa shape index (κ2) is 7.99. The largest absolute Gasteiger partial charge is 0.395 e. The Hall–Kier alpha value is -0.610. The van der Waals surface area contributed by atoms with E-state index >= 15 is 0 Å². The molecule has 0 amide bonds. The minimum absolute atomic E-state index is 0.203. The van der Waals surface area contributed by atoms with Gasteiger partial charge in [-0.3, -0.25) is 4.90 Å². The van der Waals surface area contributed by atoms with Gasteiger partial charge in [-0.15, -0.1) is 0 Å². The molecule has 112 valence electrons. The Morgan fingerprint density at radius 2 is 2.00 bits per heavy atom. The Morgan fingerprint density at radius 1 is 1.25 bits per heavy atom. The van der Waals surface area contributed by atoms with Crippen LogP contribution in [0.4, 0.5) is 0 Å². The number of halogens is 1. The number of rotatable bonds is 6. The molecule has 0 radical (unpaired) electrons. The Kier molecular flexibility index (Phi) is 6.30. The monoisotopic (exact) mass is 296 g/mol. The summed E-state index contributed by atoms with van der Waals surface area (Å²) in [5, 5.41) is 10.1. The number of nitrogens with zero attached hydrogens (tertiary/aromatic N) is 1. The van der Waals surface area contributed by atoms with Gasteiger partial charge >= 0.3 is 0 Å². The van der Waals surface area contributed by atoms with Crippen LogP contribution in [0.5, 0.6) is 0 Å². The lowest BCUT2D eigenvalue weighted by atomic mass is 9.94. The van der Waals surface area contributed by atoms with Crippen molar-refractivity contribution in [3.05, 3.63) is 34.3 Å². The molecule has 0 unspecified atom stereocenters. The molecule has 1 fully saturated rings. The van der Waals surface area contributed by atoms with E-state index in [0.29, 0.717) is 12.6 Å². The van der Waals surface area contributed by atoms with E-state index < -0.39 is 0 Å². The van der Waals surface area contributed by atoms with Crippen LogP contribution in [0.1, 0.15) is 43.2 Å². The third-order valence-corrected chi connectivity index (χ3v) is 4.56. The second-order valence-corrected chi connectivity index (χ2v) is 6.02. The summed E-state index contributed by atoms with van der Waals surface area (Å²) in [7, 11) is 0. The first-order valence-electron chi connectivity index (χ1n) is 7.57. The minimum Gasteiger partial charge on any atom is -0.395 e. The molecule has 0 aliphatic heterocycles. The molecule has 1 aromatic rings. The molecular weight excluding hydrogens is 272 g/mol. The van der Waals surface area contributed by atoms with Crippen LogP contribution in [0.2, 0.25) is 5.02 Å². The topological polar surface area (TPSA) is 49.5 Å². The molecule has 1 saturated carbocycles. The molecule has 1 aliphatic rings. The van der Waals surface area contributed by atoms with Gasteiger partial charge in [0.2, 0.25) is 0 Å². The highest BCUT2D eigenvalue weighted by Gasteiger charge is 2.21. The smallest absolute Gasteiger partial charge is 0.0558 e. The molecule has 0 bridgehead atoms. The van der Waals surface area contributed by atoms with Crippen molar-refractivity contribution in [1.29, 1.82) is 0 Å². The fourth-order valence-corrected chi connectivity index (χ4v) is 3.29. The molecule has 0 aromatic heterocycles. The maximum absolute atomic E-state index is 9.31. The lowest BCUT2D eigenvalue weighted by Crippen LogP contribution is -2.38. The van der Waals surface area contributed by atoms with E-state index in [-0.39, 0.29) is 6.61 Å². The normalized spacial score (nSPS) is 16.8. The third-order valence-electron chi connectivity index (χ3n) is 4.20. The van der Waals surface area contributed by atoms with Gasteiger partial charge in [0.1, 0.15) is 0 Å². The summed E-state index contributed by atoms with van der Waals surface area (Å²) in [5.41, 5.74) is 7.82. The lowest BCUT2D eigenvalue weighted by Gasteiger charge is -2.34. The quantitative estimate of drug-likeness (QED) is 0.848. The summed E-state index contributed by atoms with van der Waals surface area (Å²) in [6.07, 6.45) is 6.41. The first kappa shape index (κ1) is 15.8. The van der Waals surface area contributed by atoms with E-state index in [4.69, 9.17) is 17.3 Å². The van der Waals surface area contributed by atoms with Crippen LogP contribution in [-0.2, 0) is 13.1 Å². The Bertz CT molecular complexity index is 419. The maximum Gasteiger partial charge on any atom is 0.0558 e. The van der Waals surface area contributed by atoms with Gasteiger partial charge in [0.05, 0.1) is 6.61 Å². The van der Waals surface area contributed by atoms with Gasteiger partial charge in [-0.05, 0) is 30.0 Å². The van der Waals surface area contributed by atoms with E-state index in [1.54, 1.807) is 0 Å². The zero-order valence-electron chi connectivity index (χ0n) is 12.0. The van der Waals surface area contributed by atoms with Gasteiger partial charge in [0, 0.05) is 30.7 Å². The fourth-order valence-electron chi connectivity index (χ4n) is 3.03. The number of hydrogen-bond donors (Lipinski definition) is 2. The predicted molar refractivity (Wildman–Crippen MR) is 83.7 cm³/mol. The molecular formula is C16H25ClN2O. The molecule has 2 rings (SSSR count). The number of aliphatic hydroxyl groups excluding tert-OH is 1. The molecule has 0 saturated heterocycles. The number of aliphatic hydroxyl groups is 1. The van der Waals surface area contributed by atoms with Gasteiger partial charge in [-0.1, -0.05) is 43.0 Å². The van der Waals surface area contributed by atoms with Crippen LogP contribution in [0, 0.1) is 0 Å². The number of hydrogen-bond acceptors (Lipinski definition) is 3. The summed E-state index contributed by atoms with van der Waals surface area (Å²) in [5.74, 6) is 0. The molecule has 0 heterocycles. The van der Waals surface area contributed by atoms with E-state index in [0.717, 1.165) is 29.2 Å².